The van der Waals surface area contributed by atoms with E-state index in [0.29, 0.717) is 39.3 Å². The number of amides is 1. The summed E-state index contributed by atoms with van der Waals surface area (Å²) in [6.45, 7) is 6.93. The van der Waals surface area contributed by atoms with E-state index in [9.17, 15) is 15.0 Å². The number of aliphatic hydroxyl groups excluding tert-OH is 2. The first-order chi connectivity index (χ1) is 24.1. The Morgan fingerprint density at radius 2 is 1.00 bits per heavy atom. The number of hydrogen-bond donors (Lipinski definition) is 2. The molecule has 0 aliphatic rings. The van der Waals surface area contributed by atoms with Crippen LogP contribution in [-0.2, 0) is 19.0 Å². The Bertz CT molecular complexity index is 651. The van der Waals surface area contributed by atoms with Crippen LogP contribution in [0.4, 0.5) is 0 Å². The zero-order valence-corrected chi connectivity index (χ0v) is 33.1. The van der Waals surface area contributed by atoms with E-state index < -0.39 is 6.10 Å². The van der Waals surface area contributed by atoms with Crippen LogP contribution in [0.2, 0.25) is 0 Å². The Morgan fingerprint density at radius 1 is 0.571 bits per heavy atom. The van der Waals surface area contributed by atoms with Crippen LogP contribution in [0, 0.1) is 0 Å². The molecule has 2 N–H and O–H groups in total. The van der Waals surface area contributed by atoms with E-state index in [0.717, 1.165) is 25.7 Å². The summed E-state index contributed by atoms with van der Waals surface area (Å²) in [6.07, 6.45) is 35.4. The standard InChI is InChI=1S/C42H85NO6/c1-4-6-8-10-12-14-16-17-18-19-20-22-24-26-28-30-35-48-39-41(49-38-40(45)37-44)36-43(33-31-34-47-3)42(46)32-29-27-25-23-21-15-13-11-9-7-5-2/h40-41,44-45H,4-39H2,1-3H3. The highest BCUT2D eigenvalue weighted by Gasteiger charge is 2.21. The van der Waals surface area contributed by atoms with Gasteiger partial charge >= 0.3 is 0 Å². The Morgan fingerprint density at radius 3 is 1.43 bits per heavy atom. The van der Waals surface area contributed by atoms with Crippen molar-refractivity contribution >= 4 is 5.91 Å². The van der Waals surface area contributed by atoms with Crippen molar-refractivity contribution in [1.29, 1.82) is 0 Å². The van der Waals surface area contributed by atoms with Gasteiger partial charge in [0.1, 0.15) is 6.10 Å². The molecule has 49 heavy (non-hydrogen) atoms. The highest BCUT2D eigenvalue weighted by molar-refractivity contribution is 5.76. The van der Waals surface area contributed by atoms with E-state index in [2.05, 4.69) is 13.8 Å². The second kappa shape index (κ2) is 40.0. The molecule has 294 valence electrons. The fourth-order valence-electron chi connectivity index (χ4n) is 6.48. The molecule has 0 saturated carbocycles. The van der Waals surface area contributed by atoms with Crippen LogP contribution in [0.5, 0.6) is 0 Å². The number of carbonyl (C=O) groups is 1. The number of ether oxygens (including phenoxy) is 3. The van der Waals surface area contributed by atoms with Crippen LogP contribution in [0.15, 0.2) is 0 Å². The summed E-state index contributed by atoms with van der Waals surface area (Å²) in [5.41, 5.74) is 0. The summed E-state index contributed by atoms with van der Waals surface area (Å²) in [4.78, 5) is 15.2. The van der Waals surface area contributed by atoms with Crippen LogP contribution < -0.4 is 0 Å². The van der Waals surface area contributed by atoms with Crippen molar-refractivity contribution in [3.63, 3.8) is 0 Å². The summed E-state index contributed by atoms with van der Waals surface area (Å²) >= 11 is 0. The quantitative estimate of drug-likeness (QED) is 0.0618. The van der Waals surface area contributed by atoms with Gasteiger partial charge in [-0.1, -0.05) is 174 Å². The highest BCUT2D eigenvalue weighted by Crippen LogP contribution is 2.15. The van der Waals surface area contributed by atoms with E-state index in [-0.39, 0.29) is 25.2 Å². The molecule has 0 aliphatic carbocycles. The van der Waals surface area contributed by atoms with Crippen molar-refractivity contribution < 1.29 is 29.2 Å². The van der Waals surface area contributed by atoms with E-state index in [1.807, 2.05) is 4.90 Å². The minimum Gasteiger partial charge on any atom is -0.394 e. The highest BCUT2D eigenvalue weighted by atomic mass is 16.5. The minimum absolute atomic E-state index is 0.0300. The third-order valence-corrected chi connectivity index (χ3v) is 9.73. The van der Waals surface area contributed by atoms with Crippen molar-refractivity contribution in [2.75, 3.05) is 53.2 Å². The third kappa shape index (κ3) is 35.5. The fraction of sp³-hybridized carbons (Fsp3) is 0.976. The van der Waals surface area contributed by atoms with Crippen molar-refractivity contribution in [3.05, 3.63) is 0 Å². The predicted octanol–water partition coefficient (Wildman–Crippen LogP) is 10.6. The van der Waals surface area contributed by atoms with Gasteiger partial charge in [-0.3, -0.25) is 4.79 Å². The molecule has 0 aliphatic heterocycles. The second-order valence-corrected chi connectivity index (χ2v) is 14.6. The summed E-state index contributed by atoms with van der Waals surface area (Å²) in [7, 11) is 1.69. The monoisotopic (exact) mass is 700 g/mol. The zero-order chi connectivity index (χ0) is 35.9. The average Bonchev–Trinajstić information content (AvgIpc) is 3.11. The molecule has 0 spiro atoms. The molecular weight excluding hydrogens is 614 g/mol. The van der Waals surface area contributed by atoms with Crippen LogP contribution in [0.1, 0.15) is 200 Å². The maximum Gasteiger partial charge on any atom is 0.222 e. The van der Waals surface area contributed by atoms with Crippen molar-refractivity contribution in [1.82, 2.24) is 4.90 Å². The molecule has 0 heterocycles. The minimum atomic E-state index is -0.934. The molecule has 0 aromatic heterocycles. The number of unbranched alkanes of at least 4 members (excludes halogenated alkanes) is 25. The van der Waals surface area contributed by atoms with E-state index in [1.54, 1.807) is 7.11 Å². The summed E-state index contributed by atoms with van der Waals surface area (Å²) < 4.78 is 17.3. The lowest BCUT2D eigenvalue weighted by Gasteiger charge is -2.28. The number of methoxy groups -OCH3 is 1. The first-order valence-electron chi connectivity index (χ1n) is 21.3. The molecule has 1 amide bonds. The predicted molar refractivity (Wildman–Crippen MR) is 207 cm³/mol. The van der Waals surface area contributed by atoms with E-state index in [1.165, 1.54) is 154 Å². The molecule has 0 aromatic carbocycles. The Kier molecular flexibility index (Phi) is 39.5. The van der Waals surface area contributed by atoms with Gasteiger partial charge in [0.05, 0.1) is 25.9 Å². The van der Waals surface area contributed by atoms with Crippen molar-refractivity contribution in [2.24, 2.45) is 0 Å². The maximum atomic E-state index is 13.3. The smallest absolute Gasteiger partial charge is 0.222 e. The number of aliphatic hydroxyl groups is 2. The normalized spacial score (nSPS) is 12.8. The Balaban J connectivity index is 4.27. The van der Waals surface area contributed by atoms with Gasteiger partial charge in [-0.2, -0.15) is 0 Å². The largest absolute Gasteiger partial charge is 0.394 e. The molecule has 0 saturated heterocycles. The van der Waals surface area contributed by atoms with E-state index in [4.69, 9.17) is 14.2 Å². The lowest BCUT2D eigenvalue weighted by atomic mass is 10.0. The molecule has 0 aromatic rings. The van der Waals surface area contributed by atoms with Crippen molar-refractivity contribution in [3.8, 4) is 0 Å². The lowest BCUT2D eigenvalue weighted by Crippen LogP contribution is -2.42. The van der Waals surface area contributed by atoms with Crippen LogP contribution in [-0.4, -0.2) is 86.5 Å². The zero-order valence-electron chi connectivity index (χ0n) is 33.1. The molecule has 0 bridgehead atoms. The summed E-state index contributed by atoms with van der Waals surface area (Å²) in [5.74, 6) is 0.154. The SMILES string of the molecule is CCCCCCCCCCCCCCCCCCOCC(CN(CCCOC)C(=O)CCCCCCCCCCCCC)OCC(O)CO. The topological polar surface area (TPSA) is 88.5 Å². The Labute approximate surface area is 305 Å². The van der Waals surface area contributed by atoms with Gasteiger partial charge in [0.25, 0.3) is 0 Å². The molecule has 7 nitrogen and oxygen atoms in total. The number of carbonyl (C=O) groups excluding carboxylic acids is 1. The molecular formula is C42H85NO6. The molecule has 2 atom stereocenters. The molecule has 0 radical (unpaired) electrons. The first kappa shape index (κ1) is 48.3. The average molecular weight is 700 g/mol. The van der Waals surface area contributed by atoms with Gasteiger partial charge < -0.3 is 29.3 Å². The Hall–Kier alpha value is -0.730. The van der Waals surface area contributed by atoms with Gasteiger partial charge in [0.15, 0.2) is 0 Å². The van der Waals surface area contributed by atoms with Gasteiger partial charge in [0.2, 0.25) is 5.91 Å². The van der Waals surface area contributed by atoms with Gasteiger partial charge in [-0.05, 0) is 19.3 Å². The molecule has 2 unspecified atom stereocenters. The van der Waals surface area contributed by atoms with Crippen LogP contribution in [0.3, 0.4) is 0 Å². The number of rotatable bonds is 41. The van der Waals surface area contributed by atoms with Crippen molar-refractivity contribution in [2.45, 2.75) is 212 Å². The lowest BCUT2D eigenvalue weighted by molar-refractivity contribution is -0.135. The van der Waals surface area contributed by atoms with Gasteiger partial charge in [-0.15, -0.1) is 0 Å². The molecule has 0 fully saturated rings. The van der Waals surface area contributed by atoms with E-state index >= 15 is 0 Å². The van der Waals surface area contributed by atoms with Gasteiger partial charge in [0, 0.05) is 39.8 Å². The van der Waals surface area contributed by atoms with Gasteiger partial charge in [-0.25, -0.2) is 0 Å². The summed E-state index contributed by atoms with van der Waals surface area (Å²) in [5, 5.41) is 19.2. The maximum absolute atomic E-state index is 13.3. The first-order valence-corrected chi connectivity index (χ1v) is 21.3. The summed E-state index contributed by atoms with van der Waals surface area (Å²) in [6, 6.07) is 0. The third-order valence-electron chi connectivity index (χ3n) is 9.73. The van der Waals surface area contributed by atoms with Crippen LogP contribution >= 0.6 is 0 Å². The number of nitrogens with zero attached hydrogens (tertiary/aromatic N) is 1. The molecule has 7 heteroatoms. The van der Waals surface area contributed by atoms with Crippen LogP contribution in [0.25, 0.3) is 0 Å². The molecule has 0 rings (SSSR count). The number of hydrogen-bond acceptors (Lipinski definition) is 6. The fourth-order valence-corrected chi connectivity index (χ4v) is 6.48. The second-order valence-electron chi connectivity index (χ2n) is 14.6.